The Hall–Kier alpha value is -0.650. The van der Waals surface area contributed by atoms with Crippen LogP contribution in [0.1, 0.15) is 46.5 Å². The molecule has 0 aromatic carbocycles. The average Bonchev–Trinajstić information content (AvgIpc) is 2.32. The van der Waals surface area contributed by atoms with Crippen molar-refractivity contribution in [2.75, 3.05) is 34.3 Å². The summed E-state index contributed by atoms with van der Waals surface area (Å²) in [6.45, 7) is 7.09. The van der Waals surface area contributed by atoms with Crippen LogP contribution in [0, 0.1) is 0 Å². The van der Waals surface area contributed by atoms with Crippen molar-refractivity contribution in [3.63, 3.8) is 0 Å². The molecule has 1 fully saturated rings. The van der Waals surface area contributed by atoms with E-state index in [2.05, 4.69) is 37.9 Å². The van der Waals surface area contributed by atoms with Crippen molar-refractivity contribution in [2.24, 2.45) is 5.73 Å². The minimum Gasteiger partial charge on any atom is -0.465 e. The second kappa shape index (κ2) is 7.07. The molecule has 0 aliphatic heterocycles. The van der Waals surface area contributed by atoms with Crippen LogP contribution in [0.3, 0.4) is 0 Å². The van der Waals surface area contributed by atoms with E-state index in [4.69, 9.17) is 10.5 Å². The largest absolute Gasteiger partial charge is 0.465 e. The summed E-state index contributed by atoms with van der Waals surface area (Å²) in [5, 5.41) is 0. The predicted octanol–water partition coefficient (Wildman–Crippen LogP) is 1.46. The SMILES string of the molecule is CCOC(=O)C(C)(N)CC(C)N(C)CC1(N(C)C)CCC1. The molecule has 21 heavy (non-hydrogen) atoms. The van der Waals surface area contributed by atoms with E-state index in [-0.39, 0.29) is 17.6 Å². The molecule has 1 aliphatic rings. The maximum absolute atomic E-state index is 11.9. The van der Waals surface area contributed by atoms with Crippen LogP contribution in [0.5, 0.6) is 0 Å². The summed E-state index contributed by atoms with van der Waals surface area (Å²) in [5.41, 5.74) is 5.51. The molecule has 1 aliphatic carbocycles. The van der Waals surface area contributed by atoms with E-state index in [9.17, 15) is 4.79 Å². The average molecular weight is 299 g/mol. The molecule has 2 unspecified atom stereocenters. The van der Waals surface area contributed by atoms with E-state index in [1.165, 1.54) is 19.3 Å². The Labute approximate surface area is 129 Å². The maximum Gasteiger partial charge on any atom is 0.325 e. The Bertz CT molecular complexity index is 351. The molecule has 1 saturated carbocycles. The van der Waals surface area contributed by atoms with Crippen LogP contribution in [0.15, 0.2) is 0 Å². The van der Waals surface area contributed by atoms with E-state index in [1.54, 1.807) is 13.8 Å². The first kappa shape index (κ1) is 18.4. The number of carbonyl (C=O) groups is 1. The molecule has 1 rings (SSSR count). The first-order valence-electron chi connectivity index (χ1n) is 7.98. The zero-order chi connectivity index (χ0) is 16.3. The fourth-order valence-corrected chi connectivity index (χ4v) is 3.10. The first-order valence-corrected chi connectivity index (χ1v) is 7.98. The van der Waals surface area contributed by atoms with Crippen molar-refractivity contribution < 1.29 is 9.53 Å². The smallest absolute Gasteiger partial charge is 0.325 e. The Balaban J connectivity index is 2.58. The highest BCUT2D eigenvalue weighted by Gasteiger charge is 2.41. The minimum atomic E-state index is -0.922. The molecular weight excluding hydrogens is 266 g/mol. The Kier molecular flexibility index (Phi) is 6.20. The van der Waals surface area contributed by atoms with Gasteiger partial charge >= 0.3 is 5.97 Å². The number of nitrogens with two attached hydrogens (primary N) is 1. The summed E-state index contributed by atoms with van der Waals surface area (Å²) in [6, 6.07) is 0.238. The molecule has 0 amide bonds. The van der Waals surface area contributed by atoms with Crippen LogP contribution >= 0.6 is 0 Å². The van der Waals surface area contributed by atoms with E-state index in [0.717, 1.165) is 6.54 Å². The molecule has 0 aromatic rings. The fraction of sp³-hybridized carbons (Fsp3) is 0.938. The van der Waals surface area contributed by atoms with Crippen molar-refractivity contribution in [1.29, 1.82) is 0 Å². The highest BCUT2D eigenvalue weighted by molar-refractivity contribution is 5.80. The van der Waals surface area contributed by atoms with Gasteiger partial charge in [0, 0.05) is 18.1 Å². The number of nitrogens with zero attached hydrogens (tertiary/aromatic N) is 2. The molecule has 2 N–H and O–H groups in total. The van der Waals surface area contributed by atoms with Crippen LogP contribution in [0.25, 0.3) is 0 Å². The second-order valence-corrected chi connectivity index (χ2v) is 7.08. The van der Waals surface area contributed by atoms with Gasteiger partial charge in [-0.25, -0.2) is 0 Å². The molecule has 5 nitrogen and oxygen atoms in total. The third-order valence-electron chi connectivity index (χ3n) is 4.99. The van der Waals surface area contributed by atoms with Crippen LogP contribution in [-0.4, -0.2) is 67.2 Å². The Morgan fingerprint density at radius 2 is 1.95 bits per heavy atom. The van der Waals surface area contributed by atoms with Gasteiger partial charge in [0.25, 0.3) is 0 Å². The summed E-state index contributed by atoms with van der Waals surface area (Å²) in [5.74, 6) is -0.309. The monoisotopic (exact) mass is 299 g/mol. The Morgan fingerprint density at radius 3 is 2.33 bits per heavy atom. The van der Waals surface area contributed by atoms with Gasteiger partial charge in [-0.15, -0.1) is 0 Å². The molecule has 5 heteroatoms. The summed E-state index contributed by atoms with van der Waals surface area (Å²) < 4.78 is 5.07. The number of hydrogen-bond donors (Lipinski definition) is 1. The van der Waals surface area contributed by atoms with E-state index in [0.29, 0.717) is 13.0 Å². The van der Waals surface area contributed by atoms with Crippen LogP contribution in [0.2, 0.25) is 0 Å². The molecule has 124 valence electrons. The van der Waals surface area contributed by atoms with Crippen LogP contribution in [0.4, 0.5) is 0 Å². The highest BCUT2D eigenvalue weighted by atomic mass is 16.5. The van der Waals surface area contributed by atoms with Gasteiger partial charge in [-0.3, -0.25) is 4.79 Å². The van der Waals surface area contributed by atoms with Gasteiger partial charge < -0.3 is 20.3 Å². The normalized spacial score (nSPS) is 21.8. The lowest BCUT2D eigenvalue weighted by Gasteiger charge is -2.50. The fourth-order valence-electron chi connectivity index (χ4n) is 3.10. The summed E-state index contributed by atoms with van der Waals surface area (Å²) >= 11 is 0. The molecule has 0 aromatic heterocycles. The number of carbonyl (C=O) groups excluding carboxylic acids is 1. The number of ether oxygens (including phenoxy) is 1. The summed E-state index contributed by atoms with van der Waals surface area (Å²) in [7, 11) is 6.43. The number of rotatable bonds is 8. The van der Waals surface area contributed by atoms with Crippen molar-refractivity contribution in [2.45, 2.75) is 63.6 Å². The second-order valence-electron chi connectivity index (χ2n) is 7.08. The molecule has 0 spiro atoms. The highest BCUT2D eigenvalue weighted by Crippen LogP contribution is 2.37. The van der Waals surface area contributed by atoms with E-state index >= 15 is 0 Å². The van der Waals surface area contributed by atoms with Gasteiger partial charge in [0.1, 0.15) is 5.54 Å². The lowest BCUT2D eigenvalue weighted by Crippen LogP contribution is -2.59. The van der Waals surface area contributed by atoms with Gasteiger partial charge in [0.05, 0.1) is 6.61 Å². The molecular formula is C16H33N3O2. The van der Waals surface area contributed by atoms with E-state index in [1.807, 2.05) is 0 Å². The zero-order valence-electron chi connectivity index (χ0n) is 14.6. The minimum absolute atomic E-state index is 0.238. The van der Waals surface area contributed by atoms with Gasteiger partial charge in [-0.1, -0.05) is 0 Å². The standard InChI is InChI=1S/C16H33N3O2/c1-7-21-14(20)15(3,17)11-13(2)19(6)12-16(18(4)5)9-8-10-16/h13H,7-12,17H2,1-6H3. The topological polar surface area (TPSA) is 58.8 Å². The quantitative estimate of drug-likeness (QED) is 0.688. The zero-order valence-corrected chi connectivity index (χ0v) is 14.6. The Morgan fingerprint density at radius 1 is 1.38 bits per heavy atom. The molecule has 0 radical (unpaired) electrons. The molecule has 0 heterocycles. The third kappa shape index (κ3) is 4.41. The molecule has 0 saturated heterocycles. The van der Waals surface area contributed by atoms with Crippen molar-refractivity contribution in [3.8, 4) is 0 Å². The molecule has 0 bridgehead atoms. The van der Waals surface area contributed by atoms with Crippen LogP contribution < -0.4 is 5.73 Å². The number of esters is 1. The maximum atomic E-state index is 11.9. The number of hydrogen-bond acceptors (Lipinski definition) is 5. The van der Waals surface area contributed by atoms with Crippen molar-refractivity contribution >= 4 is 5.97 Å². The predicted molar refractivity (Wildman–Crippen MR) is 86.2 cm³/mol. The lowest BCUT2D eigenvalue weighted by atomic mass is 9.75. The van der Waals surface area contributed by atoms with Crippen molar-refractivity contribution in [3.05, 3.63) is 0 Å². The van der Waals surface area contributed by atoms with Crippen LogP contribution in [-0.2, 0) is 9.53 Å². The first-order chi connectivity index (χ1) is 9.64. The molecule has 2 atom stereocenters. The van der Waals surface area contributed by atoms with Crippen molar-refractivity contribution in [1.82, 2.24) is 9.80 Å². The number of likely N-dealkylation sites (N-methyl/N-ethyl adjacent to an activating group) is 2. The summed E-state index contributed by atoms with van der Waals surface area (Å²) in [4.78, 5) is 16.6. The summed E-state index contributed by atoms with van der Waals surface area (Å²) in [6.07, 6.45) is 4.40. The van der Waals surface area contributed by atoms with E-state index < -0.39 is 5.54 Å². The van der Waals surface area contributed by atoms with Gasteiger partial charge in [-0.05, 0) is 67.6 Å². The lowest BCUT2D eigenvalue weighted by molar-refractivity contribution is -0.149. The van der Waals surface area contributed by atoms with Gasteiger partial charge in [-0.2, -0.15) is 0 Å². The third-order valence-corrected chi connectivity index (χ3v) is 4.99. The van der Waals surface area contributed by atoms with Gasteiger partial charge in [0.15, 0.2) is 0 Å². The van der Waals surface area contributed by atoms with Gasteiger partial charge in [0.2, 0.25) is 0 Å².